The molecule has 19 heavy (non-hydrogen) atoms. The third kappa shape index (κ3) is 4.92. The Morgan fingerprint density at radius 2 is 2.21 bits per heavy atom. The van der Waals surface area contributed by atoms with Gasteiger partial charge in [-0.15, -0.1) is 0 Å². The molecule has 1 heterocycles. The quantitative estimate of drug-likeness (QED) is 0.604. The van der Waals surface area contributed by atoms with Crippen LogP contribution in [0.2, 0.25) is 0 Å². The summed E-state index contributed by atoms with van der Waals surface area (Å²) < 4.78 is 4.81. The zero-order valence-electron chi connectivity index (χ0n) is 11.0. The highest BCUT2D eigenvalue weighted by Gasteiger charge is 2.16. The summed E-state index contributed by atoms with van der Waals surface area (Å²) in [4.78, 5) is 27.3. The SMILES string of the molecule is COCCNC(=O)C(C)NC(=O)c1ccc(N)cn1. The highest BCUT2D eigenvalue weighted by molar-refractivity contribution is 5.96. The van der Waals surface area contributed by atoms with Crippen LogP contribution in [0.5, 0.6) is 0 Å². The first kappa shape index (κ1) is 14.9. The molecule has 0 aliphatic carbocycles. The Labute approximate surface area is 111 Å². The average molecular weight is 266 g/mol. The minimum atomic E-state index is -0.649. The van der Waals surface area contributed by atoms with E-state index in [1.165, 1.54) is 12.3 Å². The predicted octanol–water partition coefficient (Wildman–Crippen LogP) is -0.455. The van der Waals surface area contributed by atoms with E-state index in [1.54, 1.807) is 20.1 Å². The number of ether oxygens (including phenoxy) is 1. The van der Waals surface area contributed by atoms with Crippen LogP contribution in [0, 0.1) is 0 Å². The van der Waals surface area contributed by atoms with Gasteiger partial charge >= 0.3 is 0 Å². The van der Waals surface area contributed by atoms with E-state index in [2.05, 4.69) is 15.6 Å². The van der Waals surface area contributed by atoms with Gasteiger partial charge in [0.2, 0.25) is 5.91 Å². The highest BCUT2D eigenvalue weighted by atomic mass is 16.5. The van der Waals surface area contributed by atoms with Crippen LogP contribution in [0.3, 0.4) is 0 Å². The Morgan fingerprint density at radius 1 is 1.47 bits per heavy atom. The molecule has 104 valence electrons. The van der Waals surface area contributed by atoms with Crippen LogP contribution in [-0.4, -0.2) is 43.1 Å². The van der Waals surface area contributed by atoms with Crippen LogP contribution in [0.4, 0.5) is 5.69 Å². The van der Waals surface area contributed by atoms with Gasteiger partial charge in [0.1, 0.15) is 11.7 Å². The Bertz CT molecular complexity index is 433. The molecule has 1 aromatic heterocycles. The smallest absolute Gasteiger partial charge is 0.270 e. The lowest BCUT2D eigenvalue weighted by Gasteiger charge is -2.13. The van der Waals surface area contributed by atoms with Crippen molar-refractivity contribution in [1.82, 2.24) is 15.6 Å². The molecule has 2 amide bonds. The van der Waals surface area contributed by atoms with Crippen LogP contribution in [0.1, 0.15) is 17.4 Å². The number of hydrogen-bond acceptors (Lipinski definition) is 5. The lowest BCUT2D eigenvalue weighted by Crippen LogP contribution is -2.45. The number of hydrogen-bond donors (Lipinski definition) is 3. The van der Waals surface area contributed by atoms with E-state index < -0.39 is 11.9 Å². The molecule has 1 aromatic rings. The summed E-state index contributed by atoms with van der Waals surface area (Å²) in [7, 11) is 1.55. The van der Waals surface area contributed by atoms with Gasteiger partial charge in [0, 0.05) is 13.7 Å². The molecule has 0 fully saturated rings. The Kier molecular flexibility index (Phi) is 5.74. The largest absolute Gasteiger partial charge is 0.397 e. The van der Waals surface area contributed by atoms with Crippen molar-refractivity contribution in [1.29, 1.82) is 0 Å². The number of rotatable bonds is 6. The second kappa shape index (κ2) is 7.32. The lowest BCUT2D eigenvalue weighted by atomic mass is 10.2. The molecule has 0 aromatic carbocycles. The van der Waals surface area contributed by atoms with Crippen molar-refractivity contribution < 1.29 is 14.3 Å². The molecule has 7 heteroatoms. The highest BCUT2D eigenvalue weighted by Crippen LogP contribution is 2.01. The summed E-state index contributed by atoms with van der Waals surface area (Å²) in [6.45, 7) is 2.42. The van der Waals surface area contributed by atoms with E-state index in [9.17, 15) is 9.59 Å². The number of carbonyl (C=O) groups excluding carboxylic acids is 2. The summed E-state index contributed by atoms with van der Waals surface area (Å²) in [5, 5.41) is 5.18. The third-order valence-electron chi connectivity index (χ3n) is 2.37. The van der Waals surface area contributed by atoms with Crippen molar-refractivity contribution in [2.24, 2.45) is 0 Å². The molecule has 0 saturated carbocycles. The van der Waals surface area contributed by atoms with E-state index in [1.807, 2.05) is 0 Å². The molecule has 7 nitrogen and oxygen atoms in total. The fourth-order valence-corrected chi connectivity index (χ4v) is 1.31. The fourth-order valence-electron chi connectivity index (χ4n) is 1.31. The summed E-state index contributed by atoms with van der Waals surface area (Å²) >= 11 is 0. The summed E-state index contributed by atoms with van der Waals surface area (Å²) in [5.74, 6) is -0.699. The van der Waals surface area contributed by atoms with Gasteiger partial charge < -0.3 is 21.1 Å². The fraction of sp³-hybridized carbons (Fsp3) is 0.417. The first-order valence-electron chi connectivity index (χ1n) is 5.83. The maximum absolute atomic E-state index is 11.8. The van der Waals surface area contributed by atoms with E-state index in [0.717, 1.165) is 0 Å². The van der Waals surface area contributed by atoms with Gasteiger partial charge in [0.25, 0.3) is 5.91 Å². The molecule has 0 saturated heterocycles. The van der Waals surface area contributed by atoms with E-state index in [0.29, 0.717) is 18.8 Å². The van der Waals surface area contributed by atoms with Gasteiger partial charge in [-0.2, -0.15) is 0 Å². The van der Waals surface area contributed by atoms with Gasteiger partial charge in [-0.3, -0.25) is 9.59 Å². The van der Waals surface area contributed by atoms with Crippen molar-refractivity contribution in [2.75, 3.05) is 26.0 Å². The molecule has 1 rings (SSSR count). The number of nitrogen functional groups attached to an aromatic ring is 1. The Balaban J connectivity index is 2.47. The first-order chi connectivity index (χ1) is 9.04. The molecule has 1 atom stereocenters. The van der Waals surface area contributed by atoms with Crippen molar-refractivity contribution in [3.63, 3.8) is 0 Å². The average Bonchev–Trinajstić information content (AvgIpc) is 2.39. The van der Waals surface area contributed by atoms with Crippen molar-refractivity contribution in [2.45, 2.75) is 13.0 Å². The Morgan fingerprint density at radius 3 is 2.79 bits per heavy atom. The molecular formula is C12H18N4O3. The van der Waals surface area contributed by atoms with Crippen molar-refractivity contribution >= 4 is 17.5 Å². The molecule has 0 bridgehead atoms. The molecule has 0 spiro atoms. The van der Waals surface area contributed by atoms with Gasteiger partial charge in [0.05, 0.1) is 18.5 Å². The van der Waals surface area contributed by atoms with Crippen LogP contribution >= 0.6 is 0 Å². The number of methoxy groups -OCH3 is 1. The van der Waals surface area contributed by atoms with Crippen molar-refractivity contribution in [3.8, 4) is 0 Å². The molecule has 4 N–H and O–H groups in total. The number of nitrogens with zero attached hydrogens (tertiary/aromatic N) is 1. The second-order valence-electron chi connectivity index (χ2n) is 3.96. The number of aromatic nitrogens is 1. The van der Waals surface area contributed by atoms with Crippen LogP contribution in [0.15, 0.2) is 18.3 Å². The van der Waals surface area contributed by atoms with Crippen molar-refractivity contribution in [3.05, 3.63) is 24.0 Å². The minimum Gasteiger partial charge on any atom is -0.397 e. The zero-order valence-corrected chi connectivity index (χ0v) is 11.0. The van der Waals surface area contributed by atoms with Gasteiger partial charge in [0.15, 0.2) is 0 Å². The van der Waals surface area contributed by atoms with Crippen LogP contribution < -0.4 is 16.4 Å². The van der Waals surface area contributed by atoms with Gasteiger partial charge in [-0.1, -0.05) is 0 Å². The monoisotopic (exact) mass is 266 g/mol. The standard InChI is InChI=1S/C12H18N4O3/c1-8(11(17)14-5-6-19-2)16-12(18)10-4-3-9(13)7-15-10/h3-4,7-8H,5-6,13H2,1-2H3,(H,14,17)(H,16,18). The number of pyridine rings is 1. The molecule has 0 radical (unpaired) electrons. The maximum atomic E-state index is 11.8. The third-order valence-corrected chi connectivity index (χ3v) is 2.37. The van der Waals surface area contributed by atoms with E-state index >= 15 is 0 Å². The molecule has 0 aliphatic heterocycles. The van der Waals surface area contributed by atoms with Gasteiger partial charge in [-0.25, -0.2) is 4.98 Å². The lowest BCUT2D eigenvalue weighted by molar-refractivity contribution is -0.122. The maximum Gasteiger partial charge on any atom is 0.270 e. The molecular weight excluding hydrogens is 248 g/mol. The van der Waals surface area contributed by atoms with Gasteiger partial charge in [-0.05, 0) is 19.1 Å². The normalized spacial score (nSPS) is 11.7. The van der Waals surface area contributed by atoms with E-state index in [4.69, 9.17) is 10.5 Å². The minimum absolute atomic E-state index is 0.214. The number of nitrogens with one attached hydrogen (secondary N) is 2. The number of carbonyl (C=O) groups is 2. The predicted molar refractivity (Wildman–Crippen MR) is 70.5 cm³/mol. The summed E-state index contributed by atoms with van der Waals surface area (Å²) in [6.07, 6.45) is 1.39. The van der Waals surface area contributed by atoms with E-state index in [-0.39, 0.29) is 11.6 Å². The molecule has 0 aliphatic rings. The summed E-state index contributed by atoms with van der Waals surface area (Å²) in [6, 6.07) is 2.43. The van der Waals surface area contributed by atoms with Crippen LogP contribution in [0.25, 0.3) is 0 Å². The molecule has 1 unspecified atom stereocenters. The number of nitrogens with two attached hydrogens (primary N) is 1. The summed E-state index contributed by atoms with van der Waals surface area (Å²) in [5.41, 5.74) is 6.16. The number of amides is 2. The number of anilines is 1. The second-order valence-corrected chi connectivity index (χ2v) is 3.96. The Hall–Kier alpha value is -2.15. The first-order valence-corrected chi connectivity index (χ1v) is 5.83. The van der Waals surface area contributed by atoms with Crippen LogP contribution in [-0.2, 0) is 9.53 Å². The zero-order chi connectivity index (χ0) is 14.3. The topological polar surface area (TPSA) is 106 Å².